The Labute approximate surface area is 168 Å². The Balaban J connectivity index is 1.57. The standard InChI is InChI=1S/C23H28BNO3/c1-21(2)22(3,4)28-24(27-21)17-13-11-16(12-14-17)15-23(5)18-9-7-8-10-19(18)25(6)20(23)26/h7-14H,15H2,1-6H3/t23-/m1/s1. The molecule has 2 aromatic rings. The summed E-state index contributed by atoms with van der Waals surface area (Å²) in [5, 5.41) is 0. The van der Waals surface area contributed by atoms with E-state index in [0.717, 1.165) is 22.3 Å². The van der Waals surface area contributed by atoms with Gasteiger partial charge in [0.25, 0.3) is 0 Å². The molecule has 2 aliphatic rings. The molecule has 2 aromatic carbocycles. The molecule has 0 radical (unpaired) electrons. The van der Waals surface area contributed by atoms with Crippen molar-refractivity contribution in [3.8, 4) is 0 Å². The minimum Gasteiger partial charge on any atom is -0.399 e. The summed E-state index contributed by atoms with van der Waals surface area (Å²) < 4.78 is 12.3. The highest BCUT2D eigenvalue weighted by atomic mass is 16.7. The molecule has 5 heteroatoms. The van der Waals surface area contributed by atoms with Crippen LogP contribution in [0.4, 0.5) is 5.69 Å². The third kappa shape index (κ3) is 2.80. The number of carbonyl (C=O) groups excluding carboxylic acids is 1. The smallest absolute Gasteiger partial charge is 0.399 e. The van der Waals surface area contributed by atoms with Gasteiger partial charge < -0.3 is 14.2 Å². The molecule has 1 fully saturated rings. The number of carbonyl (C=O) groups is 1. The van der Waals surface area contributed by atoms with Crippen LogP contribution in [0.1, 0.15) is 45.7 Å². The summed E-state index contributed by atoms with van der Waals surface area (Å²) in [5.74, 6) is 0.142. The molecule has 0 bridgehead atoms. The Kier molecular flexibility index (Phi) is 4.25. The van der Waals surface area contributed by atoms with Gasteiger partial charge in [0.15, 0.2) is 0 Å². The van der Waals surface area contributed by atoms with E-state index in [4.69, 9.17) is 9.31 Å². The fraction of sp³-hybridized carbons (Fsp3) is 0.435. The third-order valence-corrected chi connectivity index (χ3v) is 6.70. The molecule has 0 spiro atoms. The van der Waals surface area contributed by atoms with Crippen molar-refractivity contribution in [2.45, 2.75) is 57.7 Å². The van der Waals surface area contributed by atoms with E-state index in [1.165, 1.54) is 0 Å². The van der Waals surface area contributed by atoms with Gasteiger partial charge in [0.05, 0.1) is 16.6 Å². The zero-order valence-electron chi connectivity index (χ0n) is 17.6. The predicted octanol–water partition coefficient (Wildman–Crippen LogP) is 3.46. The largest absolute Gasteiger partial charge is 0.494 e. The van der Waals surface area contributed by atoms with E-state index in [1.54, 1.807) is 4.90 Å². The van der Waals surface area contributed by atoms with Gasteiger partial charge in [-0.2, -0.15) is 0 Å². The maximum absolute atomic E-state index is 13.0. The molecule has 2 aliphatic heterocycles. The maximum Gasteiger partial charge on any atom is 0.494 e. The highest BCUT2D eigenvalue weighted by Gasteiger charge is 2.51. The van der Waals surface area contributed by atoms with Crippen LogP contribution in [0.3, 0.4) is 0 Å². The number of anilines is 1. The lowest BCUT2D eigenvalue weighted by atomic mass is 9.76. The first-order chi connectivity index (χ1) is 13.1. The first-order valence-electron chi connectivity index (χ1n) is 9.87. The van der Waals surface area contributed by atoms with Crippen LogP contribution in [0.5, 0.6) is 0 Å². The Bertz CT molecular complexity index is 906. The molecular formula is C23H28BNO3. The van der Waals surface area contributed by atoms with Crippen molar-refractivity contribution in [1.82, 2.24) is 0 Å². The number of benzene rings is 2. The van der Waals surface area contributed by atoms with Gasteiger partial charge in [-0.25, -0.2) is 0 Å². The SMILES string of the molecule is CN1C(=O)[C@](C)(Cc2ccc(B3OC(C)(C)C(C)(C)O3)cc2)c2ccccc21. The summed E-state index contributed by atoms with van der Waals surface area (Å²) in [7, 11) is 1.49. The number of amides is 1. The first kappa shape index (κ1) is 19.2. The van der Waals surface area contributed by atoms with Crippen molar-refractivity contribution < 1.29 is 14.1 Å². The third-order valence-electron chi connectivity index (χ3n) is 6.70. The zero-order chi connectivity index (χ0) is 20.3. The summed E-state index contributed by atoms with van der Waals surface area (Å²) in [4.78, 5) is 14.8. The topological polar surface area (TPSA) is 38.8 Å². The Morgan fingerprint density at radius 1 is 0.893 bits per heavy atom. The minimum absolute atomic E-state index is 0.142. The second-order valence-corrected chi connectivity index (χ2v) is 9.22. The molecule has 0 saturated carbocycles. The van der Waals surface area contributed by atoms with Gasteiger partial charge in [-0.05, 0) is 63.7 Å². The Morgan fingerprint density at radius 2 is 1.46 bits per heavy atom. The lowest BCUT2D eigenvalue weighted by Gasteiger charge is -2.32. The van der Waals surface area contributed by atoms with Crippen LogP contribution in [-0.4, -0.2) is 31.3 Å². The highest BCUT2D eigenvalue weighted by Crippen LogP contribution is 2.43. The summed E-state index contributed by atoms with van der Waals surface area (Å²) >= 11 is 0. The van der Waals surface area contributed by atoms with Gasteiger partial charge >= 0.3 is 7.12 Å². The van der Waals surface area contributed by atoms with Crippen LogP contribution in [0.15, 0.2) is 48.5 Å². The molecule has 0 aliphatic carbocycles. The maximum atomic E-state index is 13.0. The summed E-state index contributed by atoms with van der Waals surface area (Å²) in [6.45, 7) is 10.3. The van der Waals surface area contributed by atoms with E-state index < -0.39 is 5.41 Å². The van der Waals surface area contributed by atoms with E-state index >= 15 is 0 Å². The average Bonchev–Trinajstić information content (AvgIpc) is 2.98. The fourth-order valence-corrected chi connectivity index (χ4v) is 4.18. The van der Waals surface area contributed by atoms with E-state index in [9.17, 15) is 4.79 Å². The number of rotatable bonds is 3. The molecule has 0 N–H and O–H groups in total. The quantitative estimate of drug-likeness (QED) is 0.769. The molecule has 1 atom stereocenters. The second kappa shape index (κ2) is 6.20. The monoisotopic (exact) mass is 377 g/mol. The van der Waals surface area contributed by atoms with Crippen molar-refractivity contribution in [3.63, 3.8) is 0 Å². The van der Waals surface area contributed by atoms with Crippen LogP contribution in [0.25, 0.3) is 0 Å². The number of fused-ring (bicyclic) bond motifs is 1. The van der Waals surface area contributed by atoms with Crippen molar-refractivity contribution in [1.29, 1.82) is 0 Å². The lowest BCUT2D eigenvalue weighted by molar-refractivity contribution is -0.122. The molecule has 0 unspecified atom stereocenters. The molecular weight excluding hydrogens is 349 g/mol. The van der Waals surface area contributed by atoms with E-state index in [1.807, 2.05) is 32.2 Å². The number of hydrogen-bond donors (Lipinski definition) is 0. The summed E-state index contributed by atoms with van der Waals surface area (Å²) in [5.41, 5.74) is 2.98. The van der Waals surface area contributed by atoms with Gasteiger partial charge in [0.2, 0.25) is 5.91 Å². The van der Waals surface area contributed by atoms with E-state index in [2.05, 4.69) is 58.0 Å². The summed E-state index contributed by atoms with van der Waals surface area (Å²) in [6.07, 6.45) is 0.664. The molecule has 2 heterocycles. The van der Waals surface area contributed by atoms with Crippen LogP contribution in [0.2, 0.25) is 0 Å². The molecule has 1 saturated heterocycles. The molecule has 28 heavy (non-hydrogen) atoms. The summed E-state index contributed by atoms with van der Waals surface area (Å²) in [6, 6.07) is 16.3. The van der Waals surface area contributed by atoms with Crippen LogP contribution in [-0.2, 0) is 25.9 Å². The highest BCUT2D eigenvalue weighted by molar-refractivity contribution is 6.62. The number of para-hydroxylation sites is 1. The van der Waals surface area contributed by atoms with E-state index in [0.29, 0.717) is 6.42 Å². The van der Waals surface area contributed by atoms with Crippen molar-refractivity contribution in [3.05, 3.63) is 59.7 Å². The first-order valence-corrected chi connectivity index (χ1v) is 9.87. The van der Waals surface area contributed by atoms with Gasteiger partial charge in [0, 0.05) is 12.7 Å². The van der Waals surface area contributed by atoms with E-state index in [-0.39, 0.29) is 24.2 Å². The van der Waals surface area contributed by atoms with Crippen molar-refractivity contribution in [2.75, 3.05) is 11.9 Å². The molecule has 4 rings (SSSR count). The Morgan fingerprint density at radius 3 is 2.07 bits per heavy atom. The molecule has 1 amide bonds. The molecule has 4 nitrogen and oxygen atoms in total. The zero-order valence-corrected chi connectivity index (χ0v) is 17.6. The second-order valence-electron chi connectivity index (χ2n) is 9.22. The number of nitrogens with zero attached hydrogens (tertiary/aromatic N) is 1. The average molecular weight is 377 g/mol. The van der Waals surface area contributed by atoms with Gasteiger partial charge in [-0.1, -0.05) is 42.5 Å². The van der Waals surface area contributed by atoms with Crippen LogP contribution in [0, 0.1) is 0 Å². The Hall–Kier alpha value is -2.11. The molecule has 0 aromatic heterocycles. The van der Waals surface area contributed by atoms with Gasteiger partial charge in [-0.15, -0.1) is 0 Å². The van der Waals surface area contributed by atoms with Crippen molar-refractivity contribution in [2.24, 2.45) is 0 Å². The minimum atomic E-state index is -0.544. The van der Waals surface area contributed by atoms with Crippen LogP contribution >= 0.6 is 0 Å². The fourth-order valence-electron chi connectivity index (χ4n) is 4.18. The van der Waals surface area contributed by atoms with Crippen molar-refractivity contribution >= 4 is 24.2 Å². The predicted molar refractivity (Wildman–Crippen MR) is 113 cm³/mol. The van der Waals surface area contributed by atoms with Gasteiger partial charge in [-0.3, -0.25) is 4.79 Å². The number of hydrogen-bond acceptors (Lipinski definition) is 3. The number of likely N-dealkylation sites (N-methyl/N-ethyl adjacent to an activating group) is 1. The molecule has 146 valence electrons. The van der Waals surface area contributed by atoms with Crippen LogP contribution < -0.4 is 10.4 Å². The van der Waals surface area contributed by atoms with Gasteiger partial charge in [0.1, 0.15) is 0 Å². The normalized spacial score (nSPS) is 25.3. The lowest BCUT2D eigenvalue weighted by Crippen LogP contribution is -2.41.